The van der Waals surface area contributed by atoms with Crippen LogP contribution in [0, 0.1) is 10.1 Å². The fourth-order valence-electron chi connectivity index (χ4n) is 3.50. The maximum Gasteiger partial charge on any atom is 0.314 e. The highest BCUT2D eigenvalue weighted by atomic mass is 16.6. The number of aromatic amines is 2. The summed E-state index contributed by atoms with van der Waals surface area (Å²) in [7, 11) is 2.00. The smallest absolute Gasteiger partial charge is 0.314 e. The minimum atomic E-state index is -0.698. The fourth-order valence-corrected chi connectivity index (χ4v) is 3.50. The summed E-state index contributed by atoms with van der Waals surface area (Å²) in [5, 5.41) is 10.9. The third-order valence-electron chi connectivity index (χ3n) is 4.80. The molecule has 0 atom stereocenters. The Morgan fingerprint density at radius 3 is 2.46 bits per heavy atom. The van der Waals surface area contributed by atoms with Gasteiger partial charge in [-0.05, 0) is 53.9 Å². The molecule has 132 valence electrons. The Hall–Kier alpha value is -3.26. The van der Waals surface area contributed by atoms with Crippen molar-refractivity contribution in [2.75, 3.05) is 13.6 Å². The van der Waals surface area contributed by atoms with Crippen LogP contribution < -0.4 is 11.1 Å². The molecule has 0 saturated heterocycles. The third-order valence-corrected chi connectivity index (χ3v) is 4.80. The van der Waals surface area contributed by atoms with Gasteiger partial charge in [0.1, 0.15) is 0 Å². The predicted molar refractivity (Wildman–Crippen MR) is 97.3 cm³/mol. The van der Waals surface area contributed by atoms with Crippen LogP contribution >= 0.6 is 0 Å². The summed E-state index contributed by atoms with van der Waals surface area (Å²) in [5.74, 6) is 0. The molecule has 0 spiro atoms. The number of nitro benzene ring substituents is 1. The van der Waals surface area contributed by atoms with Gasteiger partial charge in [0.25, 0.3) is 5.69 Å². The first-order valence-corrected chi connectivity index (χ1v) is 8.18. The lowest BCUT2D eigenvalue weighted by atomic mass is 9.89. The number of hydrogen-bond acceptors (Lipinski definition) is 5. The molecule has 3 aromatic rings. The Labute approximate surface area is 147 Å². The minimum Gasteiger partial charge on any atom is -0.316 e. The fraction of sp³-hybridized carbons (Fsp3) is 0.222. The first kappa shape index (κ1) is 16.2. The highest BCUT2D eigenvalue weighted by Crippen LogP contribution is 2.34. The van der Waals surface area contributed by atoms with Crippen molar-refractivity contribution in [3.63, 3.8) is 0 Å². The van der Waals surface area contributed by atoms with Crippen LogP contribution in [-0.2, 0) is 13.0 Å². The minimum absolute atomic E-state index is 0.0286. The van der Waals surface area contributed by atoms with E-state index in [1.165, 1.54) is 12.1 Å². The molecule has 2 N–H and O–H groups in total. The van der Waals surface area contributed by atoms with Crippen molar-refractivity contribution in [2.24, 2.45) is 0 Å². The highest BCUT2D eigenvalue weighted by Gasteiger charge is 2.22. The van der Waals surface area contributed by atoms with Gasteiger partial charge in [-0.15, -0.1) is 0 Å². The molecule has 0 bridgehead atoms. The molecule has 0 unspecified atom stereocenters. The van der Waals surface area contributed by atoms with Gasteiger partial charge >= 0.3 is 11.1 Å². The number of rotatable bonds is 2. The summed E-state index contributed by atoms with van der Waals surface area (Å²) in [6.45, 7) is 1.51. The normalized spacial score (nSPS) is 14.3. The van der Waals surface area contributed by atoms with Crippen LogP contribution in [0.5, 0.6) is 0 Å². The van der Waals surface area contributed by atoms with Crippen LogP contribution in [-0.4, -0.2) is 33.4 Å². The van der Waals surface area contributed by atoms with Crippen LogP contribution in [0.15, 0.2) is 39.9 Å². The second-order valence-corrected chi connectivity index (χ2v) is 6.50. The number of H-pyrrole nitrogens is 2. The first-order chi connectivity index (χ1) is 12.4. The standard InChI is InChI=1S/C18H16N4O4/c1-21-7-6-12-13(10-2-4-11(5-3-10)22(25)26)8-15-16(14(12)9-21)20-18(24)17(23)19-15/h2-5,8H,6-7,9H2,1H3,(H,19,23)(H,20,24). The molecule has 4 rings (SSSR count). The topological polar surface area (TPSA) is 112 Å². The van der Waals surface area contributed by atoms with Crippen molar-refractivity contribution in [2.45, 2.75) is 13.0 Å². The van der Waals surface area contributed by atoms with Gasteiger partial charge in [0.2, 0.25) is 0 Å². The molecule has 8 nitrogen and oxygen atoms in total. The van der Waals surface area contributed by atoms with E-state index in [4.69, 9.17) is 0 Å². The van der Waals surface area contributed by atoms with Crippen molar-refractivity contribution in [3.8, 4) is 11.1 Å². The molecule has 26 heavy (non-hydrogen) atoms. The Morgan fingerprint density at radius 1 is 1.08 bits per heavy atom. The molecule has 2 aromatic carbocycles. The van der Waals surface area contributed by atoms with Gasteiger partial charge in [0.05, 0.1) is 16.0 Å². The quantitative estimate of drug-likeness (QED) is 0.415. The van der Waals surface area contributed by atoms with E-state index < -0.39 is 16.0 Å². The zero-order valence-electron chi connectivity index (χ0n) is 14.0. The molecule has 0 saturated carbocycles. The van der Waals surface area contributed by atoms with Crippen LogP contribution in [0.25, 0.3) is 22.2 Å². The van der Waals surface area contributed by atoms with Gasteiger partial charge in [0, 0.05) is 25.2 Å². The lowest BCUT2D eigenvalue weighted by molar-refractivity contribution is -0.384. The number of likely N-dealkylation sites (N-methyl/N-ethyl adjacent to an activating group) is 1. The number of aromatic nitrogens is 2. The number of nitro groups is 1. The molecule has 2 heterocycles. The molecule has 0 radical (unpaired) electrons. The van der Waals surface area contributed by atoms with Crippen LogP contribution in [0.4, 0.5) is 5.69 Å². The van der Waals surface area contributed by atoms with E-state index >= 15 is 0 Å². The first-order valence-electron chi connectivity index (χ1n) is 8.18. The van der Waals surface area contributed by atoms with Gasteiger partial charge in [-0.2, -0.15) is 0 Å². The molecule has 0 amide bonds. The molecule has 8 heteroatoms. The maximum atomic E-state index is 11.8. The Bertz CT molecular complexity index is 1140. The number of fused-ring (bicyclic) bond motifs is 3. The van der Waals surface area contributed by atoms with E-state index in [0.29, 0.717) is 17.6 Å². The van der Waals surface area contributed by atoms with E-state index in [-0.39, 0.29) is 5.69 Å². The summed E-state index contributed by atoms with van der Waals surface area (Å²) in [4.78, 5) is 41.5. The average molecular weight is 352 g/mol. The van der Waals surface area contributed by atoms with E-state index in [0.717, 1.165) is 35.2 Å². The largest absolute Gasteiger partial charge is 0.316 e. The number of nitrogens with zero attached hydrogens (tertiary/aromatic N) is 2. The van der Waals surface area contributed by atoms with Crippen LogP contribution in [0.3, 0.4) is 0 Å². The average Bonchev–Trinajstić information content (AvgIpc) is 2.62. The lowest BCUT2D eigenvalue weighted by Gasteiger charge is -2.28. The Balaban J connectivity index is 2.00. The highest BCUT2D eigenvalue weighted by molar-refractivity contribution is 5.87. The molecule has 1 aromatic heterocycles. The van der Waals surface area contributed by atoms with Gasteiger partial charge in [-0.1, -0.05) is 0 Å². The van der Waals surface area contributed by atoms with E-state index in [1.807, 2.05) is 13.1 Å². The Morgan fingerprint density at radius 2 is 1.77 bits per heavy atom. The number of nitrogens with one attached hydrogen (secondary N) is 2. The van der Waals surface area contributed by atoms with Gasteiger partial charge in [0.15, 0.2) is 0 Å². The third kappa shape index (κ3) is 2.60. The lowest BCUT2D eigenvalue weighted by Crippen LogP contribution is -2.32. The van der Waals surface area contributed by atoms with Crippen LogP contribution in [0.1, 0.15) is 11.1 Å². The second kappa shape index (κ2) is 5.92. The predicted octanol–water partition coefficient (Wildman–Crippen LogP) is 1.78. The summed E-state index contributed by atoms with van der Waals surface area (Å²) in [6, 6.07) is 8.19. The zero-order chi connectivity index (χ0) is 18.4. The summed E-state index contributed by atoms with van der Waals surface area (Å²) in [5.41, 5.74) is 3.67. The maximum absolute atomic E-state index is 11.8. The molecule has 1 aliphatic heterocycles. The second-order valence-electron chi connectivity index (χ2n) is 6.50. The van der Waals surface area contributed by atoms with Gasteiger partial charge < -0.3 is 14.9 Å². The number of benzene rings is 2. The monoisotopic (exact) mass is 352 g/mol. The van der Waals surface area contributed by atoms with Crippen molar-refractivity contribution in [1.29, 1.82) is 0 Å². The van der Waals surface area contributed by atoms with Gasteiger partial charge in [-0.3, -0.25) is 19.7 Å². The zero-order valence-corrected chi connectivity index (χ0v) is 14.0. The molecular formula is C18H16N4O4. The van der Waals surface area contributed by atoms with E-state index in [9.17, 15) is 19.7 Å². The molecule has 1 aliphatic rings. The summed E-state index contributed by atoms with van der Waals surface area (Å²) < 4.78 is 0. The molecule has 0 aliphatic carbocycles. The van der Waals surface area contributed by atoms with Crippen LogP contribution in [0.2, 0.25) is 0 Å². The van der Waals surface area contributed by atoms with Crippen molar-refractivity contribution < 1.29 is 4.92 Å². The molecular weight excluding hydrogens is 336 g/mol. The summed E-state index contributed by atoms with van der Waals surface area (Å²) in [6.07, 6.45) is 0.787. The van der Waals surface area contributed by atoms with E-state index in [1.54, 1.807) is 12.1 Å². The Kier molecular flexibility index (Phi) is 3.69. The number of non-ortho nitro benzene ring substituents is 1. The SMILES string of the molecule is CN1CCc2c(-c3ccc([N+](=O)[O-])cc3)cc3[nH]c(=O)c(=O)[nH]c3c2C1. The summed E-state index contributed by atoms with van der Waals surface area (Å²) >= 11 is 0. The molecule has 0 fully saturated rings. The van der Waals surface area contributed by atoms with E-state index in [2.05, 4.69) is 14.9 Å². The van der Waals surface area contributed by atoms with Crippen molar-refractivity contribution in [3.05, 3.63) is 72.3 Å². The van der Waals surface area contributed by atoms with Gasteiger partial charge in [-0.25, -0.2) is 0 Å². The van der Waals surface area contributed by atoms with Crippen molar-refractivity contribution in [1.82, 2.24) is 14.9 Å². The number of hydrogen-bond donors (Lipinski definition) is 2. The van der Waals surface area contributed by atoms with Crippen molar-refractivity contribution >= 4 is 16.7 Å².